The lowest BCUT2D eigenvalue weighted by molar-refractivity contribution is -0.182. The zero-order valence-corrected chi connectivity index (χ0v) is 8.24. The fraction of sp³-hybridized carbons (Fsp3) is 0.778. The van der Waals surface area contributed by atoms with Gasteiger partial charge < -0.3 is 14.9 Å². The van der Waals surface area contributed by atoms with Gasteiger partial charge in [0.25, 0.3) is 0 Å². The van der Waals surface area contributed by atoms with Gasteiger partial charge in [-0.3, -0.25) is 9.59 Å². The van der Waals surface area contributed by atoms with Crippen molar-refractivity contribution in [3.05, 3.63) is 0 Å². The third kappa shape index (κ3) is 1.72. The quantitative estimate of drug-likeness (QED) is 0.645. The van der Waals surface area contributed by atoms with Gasteiger partial charge in [-0.2, -0.15) is 0 Å². The van der Waals surface area contributed by atoms with Gasteiger partial charge in [0, 0.05) is 13.0 Å². The van der Waals surface area contributed by atoms with Crippen LogP contribution < -0.4 is 0 Å². The Morgan fingerprint density at radius 1 is 1.21 bits per heavy atom. The molecule has 14 heavy (non-hydrogen) atoms. The topological polar surface area (TPSA) is 83.8 Å². The van der Waals surface area contributed by atoms with E-state index >= 15 is 0 Å². The second-order valence-electron chi connectivity index (χ2n) is 4.23. The molecule has 1 aliphatic heterocycles. The Kier molecular flexibility index (Phi) is 2.54. The van der Waals surface area contributed by atoms with Crippen molar-refractivity contribution < 1.29 is 24.5 Å². The molecule has 0 atom stereocenters. The van der Waals surface area contributed by atoms with E-state index in [9.17, 15) is 9.59 Å². The first-order chi connectivity index (χ1) is 6.30. The second-order valence-corrected chi connectivity index (χ2v) is 4.23. The molecule has 1 aliphatic rings. The Hall–Kier alpha value is -1.10. The number of hydrogen-bond donors (Lipinski definition) is 2. The normalized spacial score (nSPS) is 24.1. The van der Waals surface area contributed by atoms with E-state index < -0.39 is 23.0 Å². The van der Waals surface area contributed by atoms with Gasteiger partial charge in [-0.1, -0.05) is 0 Å². The van der Waals surface area contributed by atoms with Crippen LogP contribution in [0.2, 0.25) is 0 Å². The summed E-state index contributed by atoms with van der Waals surface area (Å²) < 4.78 is 5.29. The minimum absolute atomic E-state index is 0.00463. The summed E-state index contributed by atoms with van der Waals surface area (Å²) in [5.41, 5.74) is -2.36. The minimum atomic E-state index is -1.68. The molecule has 0 aromatic rings. The first-order valence-electron chi connectivity index (χ1n) is 4.41. The minimum Gasteiger partial charge on any atom is -0.480 e. The number of hydrogen-bond acceptors (Lipinski definition) is 3. The highest BCUT2D eigenvalue weighted by molar-refractivity contribution is 5.98. The molecule has 0 bridgehead atoms. The van der Waals surface area contributed by atoms with Crippen molar-refractivity contribution in [1.82, 2.24) is 0 Å². The van der Waals surface area contributed by atoms with Crippen molar-refractivity contribution in [2.45, 2.75) is 32.3 Å². The highest BCUT2D eigenvalue weighted by Crippen LogP contribution is 2.39. The third-order valence-corrected chi connectivity index (χ3v) is 2.57. The van der Waals surface area contributed by atoms with Gasteiger partial charge in [-0.25, -0.2) is 0 Å². The highest BCUT2D eigenvalue weighted by atomic mass is 16.5. The van der Waals surface area contributed by atoms with Crippen molar-refractivity contribution in [3.63, 3.8) is 0 Å². The van der Waals surface area contributed by atoms with E-state index in [0.29, 0.717) is 0 Å². The number of carboxylic acids is 2. The average molecular weight is 202 g/mol. The zero-order valence-electron chi connectivity index (χ0n) is 8.24. The molecule has 0 aromatic carbocycles. The summed E-state index contributed by atoms with van der Waals surface area (Å²) in [7, 11) is 0. The van der Waals surface area contributed by atoms with E-state index in [-0.39, 0.29) is 19.4 Å². The molecule has 5 heteroatoms. The van der Waals surface area contributed by atoms with Crippen LogP contribution >= 0.6 is 0 Å². The number of ether oxygens (including phenoxy) is 1. The fourth-order valence-corrected chi connectivity index (χ4v) is 1.82. The zero-order chi connectivity index (χ0) is 11.0. The van der Waals surface area contributed by atoms with E-state index in [0.717, 1.165) is 0 Å². The lowest BCUT2D eigenvalue weighted by Crippen LogP contribution is -2.50. The Bertz CT molecular complexity index is 254. The largest absolute Gasteiger partial charge is 0.480 e. The monoisotopic (exact) mass is 202 g/mol. The lowest BCUT2D eigenvalue weighted by Gasteiger charge is -2.39. The summed E-state index contributed by atoms with van der Waals surface area (Å²) >= 11 is 0. The van der Waals surface area contributed by atoms with Crippen LogP contribution in [0.5, 0.6) is 0 Å². The molecule has 5 nitrogen and oxygen atoms in total. The highest BCUT2D eigenvalue weighted by Gasteiger charge is 2.52. The summed E-state index contributed by atoms with van der Waals surface area (Å²) in [4.78, 5) is 21.9. The van der Waals surface area contributed by atoms with Gasteiger partial charge in [-0.05, 0) is 20.3 Å². The molecule has 1 heterocycles. The maximum absolute atomic E-state index is 11.0. The molecular formula is C9H14O5. The molecule has 1 rings (SSSR count). The predicted molar refractivity (Wildman–Crippen MR) is 47.0 cm³/mol. The maximum Gasteiger partial charge on any atom is 0.321 e. The molecule has 80 valence electrons. The summed E-state index contributed by atoms with van der Waals surface area (Å²) in [5, 5.41) is 17.9. The van der Waals surface area contributed by atoms with Crippen LogP contribution in [0.4, 0.5) is 0 Å². The first kappa shape index (κ1) is 11.0. The van der Waals surface area contributed by atoms with Crippen molar-refractivity contribution in [3.8, 4) is 0 Å². The van der Waals surface area contributed by atoms with Gasteiger partial charge in [-0.15, -0.1) is 0 Å². The molecule has 1 saturated heterocycles. The Labute approximate surface area is 81.7 Å². The van der Waals surface area contributed by atoms with Crippen molar-refractivity contribution in [2.75, 3.05) is 6.61 Å². The molecular weight excluding hydrogens is 188 g/mol. The molecule has 2 N–H and O–H groups in total. The number of carboxylic acid groups (broad SMARTS) is 2. The summed E-state index contributed by atoms with van der Waals surface area (Å²) in [5.74, 6) is -2.55. The Morgan fingerprint density at radius 2 is 1.71 bits per heavy atom. The van der Waals surface area contributed by atoms with Gasteiger partial charge >= 0.3 is 11.9 Å². The lowest BCUT2D eigenvalue weighted by atomic mass is 9.74. The summed E-state index contributed by atoms with van der Waals surface area (Å²) in [6, 6.07) is 0. The predicted octanol–water partition coefficient (Wildman–Crippen LogP) is 0.731. The number of aliphatic carboxylic acids is 2. The molecule has 0 aliphatic carbocycles. The van der Waals surface area contributed by atoms with Gasteiger partial charge in [0.1, 0.15) is 0 Å². The Balaban J connectivity index is 3.00. The molecule has 0 aromatic heterocycles. The molecule has 1 fully saturated rings. The fourth-order valence-electron chi connectivity index (χ4n) is 1.82. The van der Waals surface area contributed by atoms with Crippen LogP contribution in [0.1, 0.15) is 26.7 Å². The number of carbonyl (C=O) groups is 2. The van der Waals surface area contributed by atoms with Gasteiger partial charge in [0.15, 0.2) is 5.41 Å². The number of rotatable bonds is 2. The standard InChI is InChI=1S/C9H14O5/c1-8(2)5-9(6(10)11,7(12)13)3-4-14-8/h3-5H2,1-2H3,(H,10,11)(H,12,13). The van der Waals surface area contributed by atoms with Crippen molar-refractivity contribution in [1.29, 1.82) is 0 Å². The second kappa shape index (κ2) is 3.24. The molecule has 0 radical (unpaired) electrons. The third-order valence-electron chi connectivity index (χ3n) is 2.57. The van der Waals surface area contributed by atoms with E-state index in [1.54, 1.807) is 13.8 Å². The van der Waals surface area contributed by atoms with E-state index in [1.165, 1.54) is 0 Å². The summed E-state index contributed by atoms with van der Waals surface area (Å²) in [6.45, 7) is 3.57. The van der Waals surface area contributed by atoms with Crippen LogP contribution in [0.25, 0.3) is 0 Å². The SMILES string of the molecule is CC1(C)CC(C(=O)O)(C(=O)O)CCO1. The van der Waals surface area contributed by atoms with Crippen LogP contribution in [0, 0.1) is 5.41 Å². The maximum atomic E-state index is 11.0. The smallest absolute Gasteiger partial charge is 0.321 e. The van der Waals surface area contributed by atoms with Gasteiger partial charge in [0.2, 0.25) is 0 Å². The molecule has 0 spiro atoms. The van der Waals surface area contributed by atoms with Crippen LogP contribution in [0.3, 0.4) is 0 Å². The first-order valence-corrected chi connectivity index (χ1v) is 4.41. The van der Waals surface area contributed by atoms with Crippen LogP contribution in [-0.4, -0.2) is 34.4 Å². The van der Waals surface area contributed by atoms with E-state index in [1.807, 2.05) is 0 Å². The van der Waals surface area contributed by atoms with E-state index in [4.69, 9.17) is 14.9 Å². The van der Waals surface area contributed by atoms with Crippen LogP contribution in [-0.2, 0) is 14.3 Å². The van der Waals surface area contributed by atoms with Crippen LogP contribution in [0.15, 0.2) is 0 Å². The van der Waals surface area contributed by atoms with Crippen molar-refractivity contribution in [2.24, 2.45) is 5.41 Å². The molecule has 0 amide bonds. The van der Waals surface area contributed by atoms with Gasteiger partial charge in [0.05, 0.1) is 5.60 Å². The van der Waals surface area contributed by atoms with E-state index in [2.05, 4.69) is 0 Å². The molecule has 0 unspecified atom stereocenters. The van der Waals surface area contributed by atoms with Crippen molar-refractivity contribution >= 4 is 11.9 Å². The molecule has 0 saturated carbocycles. The average Bonchev–Trinajstić information content (AvgIpc) is 2.01. The Morgan fingerprint density at radius 3 is 2.00 bits per heavy atom. The summed E-state index contributed by atoms with van der Waals surface area (Å²) in [6.07, 6.45) is 0.0335.